The van der Waals surface area contributed by atoms with E-state index in [-0.39, 0.29) is 6.79 Å². The summed E-state index contributed by atoms with van der Waals surface area (Å²) in [7, 11) is 0. The van der Waals surface area contributed by atoms with Gasteiger partial charge in [0.1, 0.15) is 0 Å². The van der Waals surface area contributed by atoms with Crippen molar-refractivity contribution in [3.05, 3.63) is 24.0 Å². The number of carbonyl (C=O) groups is 1. The Morgan fingerprint density at radius 2 is 2.45 bits per heavy atom. The second-order valence-corrected chi connectivity index (χ2v) is 2.23. The lowest BCUT2D eigenvalue weighted by molar-refractivity contribution is -0.108. The van der Waals surface area contributed by atoms with Gasteiger partial charge >= 0.3 is 0 Å². The number of rotatable bonds is 1. The maximum atomic E-state index is 10.6. The van der Waals surface area contributed by atoms with Crippen LogP contribution in [0, 0.1) is 0 Å². The molecule has 11 heavy (non-hydrogen) atoms. The smallest absolute Gasteiger partial charge is 0.252 e. The largest absolute Gasteiger partial charge is 0.475 e. The lowest BCUT2D eigenvalue weighted by atomic mass is 10.3. The number of hydrogen-bond acceptors (Lipinski definition) is 3. The summed E-state index contributed by atoms with van der Waals surface area (Å²) in [6.07, 6.45) is 4.50. The highest BCUT2D eigenvalue weighted by Gasteiger charge is 2.02. The van der Waals surface area contributed by atoms with Crippen LogP contribution in [-0.4, -0.2) is 18.6 Å². The number of halogens is 1. The minimum Gasteiger partial charge on any atom is -0.475 e. The van der Waals surface area contributed by atoms with E-state index in [1.54, 1.807) is 6.08 Å². The average molecular weight is 175 g/mol. The van der Waals surface area contributed by atoms with E-state index in [1.165, 1.54) is 12.3 Å². The summed E-state index contributed by atoms with van der Waals surface area (Å²) in [5.74, 6) is 0. The van der Waals surface area contributed by atoms with E-state index in [1.807, 2.05) is 0 Å². The van der Waals surface area contributed by atoms with Gasteiger partial charge in [-0.1, -0.05) is 0 Å². The second-order valence-electron chi connectivity index (χ2n) is 1.89. The van der Waals surface area contributed by atoms with E-state index >= 15 is 0 Å². The maximum Gasteiger partial charge on any atom is 0.252 e. The molecule has 3 nitrogen and oxygen atoms in total. The van der Waals surface area contributed by atoms with Gasteiger partial charge in [0.05, 0.1) is 12.9 Å². The highest BCUT2D eigenvalue weighted by molar-refractivity contribution is 6.68. The first-order valence-corrected chi connectivity index (χ1v) is 3.44. The van der Waals surface area contributed by atoms with Gasteiger partial charge in [0.25, 0.3) is 5.24 Å². The molecule has 0 aromatic heterocycles. The highest BCUT2D eigenvalue weighted by atomic mass is 35.5. The van der Waals surface area contributed by atoms with Gasteiger partial charge in [-0.05, 0) is 23.8 Å². The van der Waals surface area contributed by atoms with E-state index in [0.717, 1.165) is 0 Å². The van der Waals surface area contributed by atoms with Crippen molar-refractivity contribution in [3.63, 3.8) is 0 Å². The van der Waals surface area contributed by atoms with Crippen LogP contribution in [0.1, 0.15) is 0 Å². The second kappa shape index (κ2) is 4.16. The van der Waals surface area contributed by atoms with E-state index in [9.17, 15) is 4.79 Å². The topological polar surface area (TPSA) is 35.5 Å². The molecule has 0 aromatic carbocycles. The minimum atomic E-state index is -0.504. The van der Waals surface area contributed by atoms with Crippen molar-refractivity contribution in [2.75, 3.05) is 13.4 Å². The first-order valence-electron chi connectivity index (χ1n) is 3.06. The zero-order valence-corrected chi connectivity index (χ0v) is 6.50. The Hall–Kier alpha value is -0.800. The molecule has 0 spiro atoms. The predicted molar refractivity (Wildman–Crippen MR) is 40.0 cm³/mol. The third-order valence-corrected chi connectivity index (χ3v) is 1.36. The fourth-order valence-corrected chi connectivity index (χ4v) is 0.760. The standard InChI is InChI=1S/C7H7ClO3/c8-7(9)6-1-3-10-5-11-4-2-6/h1-3H,4-5H2. The third-order valence-electron chi connectivity index (χ3n) is 1.14. The molecule has 60 valence electrons. The summed E-state index contributed by atoms with van der Waals surface area (Å²) in [6.45, 7) is 0.550. The Morgan fingerprint density at radius 1 is 1.64 bits per heavy atom. The van der Waals surface area contributed by atoms with Crippen LogP contribution in [-0.2, 0) is 14.3 Å². The maximum absolute atomic E-state index is 10.6. The fourth-order valence-electron chi connectivity index (χ4n) is 0.619. The quantitative estimate of drug-likeness (QED) is 0.561. The summed E-state index contributed by atoms with van der Waals surface area (Å²) in [4.78, 5) is 10.6. The van der Waals surface area contributed by atoms with Crippen LogP contribution in [0.2, 0.25) is 0 Å². The van der Waals surface area contributed by atoms with E-state index in [2.05, 4.69) is 0 Å². The number of allylic oxidation sites excluding steroid dienone is 2. The molecule has 0 unspecified atom stereocenters. The first kappa shape index (κ1) is 8.30. The molecule has 1 heterocycles. The van der Waals surface area contributed by atoms with Crippen molar-refractivity contribution in [2.24, 2.45) is 0 Å². The van der Waals surface area contributed by atoms with Gasteiger partial charge in [-0.2, -0.15) is 0 Å². The predicted octanol–water partition coefficient (Wildman–Crippen LogP) is 1.20. The Bertz CT molecular complexity index is 208. The molecule has 0 radical (unpaired) electrons. The fraction of sp³-hybridized carbons (Fsp3) is 0.286. The molecule has 1 aliphatic heterocycles. The molecule has 0 N–H and O–H groups in total. The number of hydrogen-bond donors (Lipinski definition) is 0. The molecule has 0 saturated heterocycles. The molecular weight excluding hydrogens is 168 g/mol. The molecule has 1 aliphatic rings. The van der Waals surface area contributed by atoms with Crippen molar-refractivity contribution in [2.45, 2.75) is 0 Å². The lowest BCUT2D eigenvalue weighted by Crippen LogP contribution is -2.01. The molecule has 0 saturated carbocycles. The van der Waals surface area contributed by atoms with E-state index in [4.69, 9.17) is 21.1 Å². The van der Waals surface area contributed by atoms with Crippen molar-refractivity contribution in [1.82, 2.24) is 0 Å². The molecule has 0 fully saturated rings. The molecule has 4 heteroatoms. The van der Waals surface area contributed by atoms with Crippen LogP contribution in [0.25, 0.3) is 0 Å². The van der Waals surface area contributed by atoms with Gasteiger partial charge in [-0.25, -0.2) is 0 Å². The van der Waals surface area contributed by atoms with Crippen LogP contribution < -0.4 is 0 Å². The van der Waals surface area contributed by atoms with Crippen molar-refractivity contribution >= 4 is 16.8 Å². The first-order chi connectivity index (χ1) is 5.30. The number of carbonyl (C=O) groups excluding carboxylic acids is 1. The Kier molecular flexibility index (Phi) is 3.14. The Labute approximate surface area is 69.2 Å². The van der Waals surface area contributed by atoms with E-state index < -0.39 is 5.24 Å². The number of ether oxygens (including phenoxy) is 2. The van der Waals surface area contributed by atoms with Gasteiger partial charge in [0, 0.05) is 5.57 Å². The van der Waals surface area contributed by atoms with Crippen LogP contribution in [0.15, 0.2) is 24.0 Å². The van der Waals surface area contributed by atoms with Crippen LogP contribution in [0.4, 0.5) is 0 Å². The molecular formula is C7H7ClO3. The van der Waals surface area contributed by atoms with Crippen LogP contribution >= 0.6 is 11.6 Å². The van der Waals surface area contributed by atoms with E-state index in [0.29, 0.717) is 12.2 Å². The molecule has 1 rings (SSSR count). The van der Waals surface area contributed by atoms with Crippen molar-refractivity contribution in [3.8, 4) is 0 Å². The van der Waals surface area contributed by atoms with Gasteiger partial charge in [0.15, 0.2) is 6.79 Å². The zero-order valence-electron chi connectivity index (χ0n) is 5.75. The Balaban J connectivity index is 2.66. The summed E-state index contributed by atoms with van der Waals surface area (Å²) < 4.78 is 9.69. The molecule has 0 bridgehead atoms. The van der Waals surface area contributed by atoms with Gasteiger partial charge in [-0.3, -0.25) is 4.79 Å². The van der Waals surface area contributed by atoms with Gasteiger partial charge in [-0.15, -0.1) is 0 Å². The summed E-state index contributed by atoms with van der Waals surface area (Å²) in [5, 5.41) is -0.504. The van der Waals surface area contributed by atoms with Gasteiger partial charge in [0.2, 0.25) is 0 Å². The average Bonchev–Trinajstić information content (AvgIpc) is 1.84. The zero-order chi connectivity index (χ0) is 8.10. The summed E-state index contributed by atoms with van der Waals surface area (Å²) in [5.41, 5.74) is 0.395. The van der Waals surface area contributed by atoms with Crippen molar-refractivity contribution in [1.29, 1.82) is 0 Å². The highest BCUT2D eigenvalue weighted by Crippen LogP contribution is 2.04. The minimum absolute atomic E-state index is 0.205. The van der Waals surface area contributed by atoms with Crippen LogP contribution in [0.5, 0.6) is 0 Å². The SMILES string of the molecule is O=C(Cl)C1=CCOCOC=C1. The summed E-state index contributed by atoms with van der Waals surface area (Å²) >= 11 is 5.21. The molecule has 0 aromatic rings. The Morgan fingerprint density at radius 3 is 3.18 bits per heavy atom. The molecule has 0 atom stereocenters. The van der Waals surface area contributed by atoms with Gasteiger partial charge < -0.3 is 9.47 Å². The molecule has 0 amide bonds. The monoisotopic (exact) mass is 174 g/mol. The van der Waals surface area contributed by atoms with Crippen LogP contribution in [0.3, 0.4) is 0 Å². The normalized spacial score (nSPS) is 17.7. The van der Waals surface area contributed by atoms with Crippen molar-refractivity contribution < 1.29 is 14.3 Å². The molecule has 0 aliphatic carbocycles. The lowest BCUT2D eigenvalue weighted by Gasteiger charge is -2.04. The third kappa shape index (κ3) is 2.74. The summed E-state index contributed by atoms with van der Waals surface area (Å²) in [6, 6.07) is 0.